The number of carbonyl (C=O) groups is 4. The summed E-state index contributed by atoms with van der Waals surface area (Å²) in [6.45, 7) is 3.94. The molecular formula is C14H16N2O5. The standard InChI is InChI=1S/C14H16N2O5/c1-4-13(19)15-12-7-5-11(6-8-12)14(20)21-16(9(2)17)10(3)18/h5-8H,4H2,1-3H3,(H,15,19). The van der Waals surface area contributed by atoms with E-state index in [1.807, 2.05) is 0 Å². The second-order valence-electron chi connectivity index (χ2n) is 4.19. The van der Waals surface area contributed by atoms with Gasteiger partial charge >= 0.3 is 5.97 Å². The highest BCUT2D eigenvalue weighted by Gasteiger charge is 2.20. The number of hydrogen-bond acceptors (Lipinski definition) is 5. The Kier molecular flexibility index (Phi) is 5.59. The molecule has 1 N–H and O–H groups in total. The molecule has 0 fully saturated rings. The molecule has 21 heavy (non-hydrogen) atoms. The second-order valence-corrected chi connectivity index (χ2v) is 4.19. The van der Waals surface area contributed by atoms with Crippen LogP contribution in [0.4, 0.5) is 5.69 Å². The quantitative estimate of drug-likeness (QED) is 0.852. The van der Waals surface area contributed by atoms with Crippen molar-refractivity contribution in [3.05, 3.63) is 29.8 Å². The van der Waals surface area contributed by atoms with Gasteiger partial charge < -0.3 is 10.2 Å². The number of imide groups is 1. The summed E-state index contributed by atoms with van der Waals surface area (Å²) in [5, 5.41) is 3.01. The van der Waals surface area contributed by atoms with Crippen molar-refractivity contribution < 1.29 is 24.0 Å². The van der Waals surface area contributed by atoms with Crippen molar-refractivity contribution in [2.75, 3.05) is 5.32 Å². The van der Waals surface area contributed by atoms with E-state index in [1.165, 1.54) is 24.3 Å². The number of amides is 3. The van der Waals surface area contributed by atoms with Crippen molar-refractivity contribution in [1.29, 1.82) is 0 Å². The first kappa shape index (κ1) is 16.4. The number of carbonyl (C=O) groups excluding carboxylic acids is 4. The van der Waals surface area contributed by atoms with Gasteiger partial charge in [-0.3, -0.25) is 14.4 Å². The van der Waals surface area contributed by atoms with E-state index in [0.29, 0.717) is 17.2 Å². The zero-order valence-electron chi connectivity index (χ0n) is 12.0. The summed E-state index contributed by atoms with van der Waals surface area (Å²) in [4.78, 5) is 50.0. The van der Waals surface area contributed by atoms with Crippen LogP contribution < -0.4 is 5.32 Å². The molecule has 7 heteroatoms. The third-order valence-electron chi connectivity index (χ3n) is 2.47. The van der Waals surface area contributed by atoms with Crippen molar-refractivity contribution in [3.63, 3.8) is 0 Å². The molecule has 0 aliphatic heterocycles. The van der Waals surface area contributed by atoms with Gasteiger partial charge in [0, 0.05) is 26.0 Å². The van der Waals surface area contributed by atoms with E-state index in [0.717, 1.165) is 13.8 Å². The monoisotopic (exact) mass is 292 g/mol. The van der Waals surface area contributed by atoms with Crippen LogP contribution in [-0.4, -0.2) is 28.8 Å². The van der Waals surface area contributed by atoms with Crippen LogP contribution in [0.3, 0.4) is 0 Å². The maximum absolute atomic E-state index is 11.8. The molecule has 0 atom stereocenters. The number of nitrogens with one attached hydrogen (secondary N) is 1. The molecule has 112 valence electrons. The molecule has 1 aromatic rings. The van der Waals surface area contributed by atoms with Gasteiger partial charge in [0.2, 0.25) is 5.91 Å². The van der Waals surface area contributed by atoms with Gasteiger partial charge in [0.25, 0.3) is 11.8 Å². The Morgan fingerprint density at radius 2 is 1.57 bits per heavy atom. The predicted molar refractivity (Wildman–Crippen MR) is 74.0 cm³/mol. The number of hydroxylamine groups is 2. The highest BCUT2D eigenvalue weighted by molar-refractivity contribution is 5.96. The summed E-state index contributed by atoms with van der Waals surface area (Å²) in [5.41, 5.74) is 0.686. The molecule has 0 unspecified atom stereocenters. The summed E-state index contributed by atoms with van der Waals surface area (Å²) in [5.74, 6) is -2.37. The number of anilines is 1. The van der Waals surface area contributed by atoms with Gasteiger partial charge in [0.05, 0.1) is 5.56 Å². The van der Waals surface area contributed by atoms with Crippen LogP contribution in [0, 0.1) is 0 Å². The van der Waals surface area contributed by atoms with Crippen LogP contribution in [-0.2, 0) is 19.2 Å². The Morgan fingerprint density at radius 1 is 1.05 bits per heavy atom. The molecule has 0 bridgehead atoms. The molecule has 1 aromatic carbocycles. The van der Waals surface area contributed by atoms with Crippen molar-refractivity contribution in [2.45, 2.75) is 27.2 Å². The minimum absolute atomic E-state index is 0.148. The van der Waals surface area contributed by atoms with Gasteiger partial charge in [0.1, 0.15) is 0 Å². The Morgan fingerprint density at radius 3 is 2.00 bits per heavy atom. The van der Waals surface area contributed by atoms with Gasteiger partial charge in [0.15, 0.2) is 0 Å². The number of hydrogen-bond donors (Lipinski definition) is 1. The van der Waals surface area contributed by atoms with Gasteiger partial charge in [-0.2, -0.15) is 0 Å². The SMILES string of the molecule is CCC(=O)Nc1ccc(C(=O)ON(C(C)=O)C(C)=O)cc1. The Bertz CT molecular complexity index is 551. The normalized spacial score (nSPS) is 9.67. The van der Waals surface area contributed by atoms with Gasteiger partial charge in [-0.25, -0.2) is 4.79 Å². The second kappa shape index (κ2) is 7.18. The number of rotatable bonds is 3. The van der Waals surface area contributed by atoms with E-state index in [4.69, 9.17) is 4.84 Å². The lowest BCUT2D eigenvalue weighted by Crippen LogP contribution is -2.35. The van der Waals surface area contributed by atoms with E-state index in [9.17, 15) is 19.2 Å². The fraction of sp³-hybridized carbons (Fsp3) is 0.286. The summed E-state index contributed by atoms with van der Waals surface area (Å²) < 4.78 is 0. The number of nitrogens with zero attached hydrogens (tertiary/aromatic N) is 1. The summed E-state index contributed by atoms with van der Waals surface area (Å²) >= 11 is 0. The van der Waals surface area contributed by atoms with E-state index in [-0.39, 0.29) is 11.5 Å². The minimum atomic E-state index is -0.839. The molecule has 7 nitrogen and oxygen atoms in total. The lowest BCUT2D eigenvalue weighted by molar-refractivity contribution is -0.177. The highest BCUT2D eigenvalue weighted by Crippen LogP contribution is 2.11. The van der Waals surface area contributed by atoms with E-state index in [1.54, 1.807) is 6.92 Å². The fourth-order valence-corrected chi connectivity index (χ4v) is 1.42. The first-order valence-corrected chi connectivity index (χ1v) is 6.28. The minimum Gasteiger partial charge on any atom is -0.326 e. The van der Waals surface area contributed by atoms with Crippen LogP contribution in [0.1, 0.15) is 37.6 Å². The molecule has 0 aliphatic rings. The summed E-state index contributed by atoms with van der Waals surface area (Å²) in [6.07, 6.45) is 0.343. The molecule has 0 aliphatic carbocycles. The molecule has 0 spiro atoms. The third-order valence-corrected chi connectivity index (χ3v) is 2.47. The molecule has 3 amide bonds. The lowest BCUT2D eigenvalue weighted by Gasteiger charge is -2.15. The van der Waals surface area contributed by atoms with Crippen LogP contribution in [0.5, 0.6) is 0 Å². The third kappa shape index (κ3) is 4.72. The zero-order valence-corrected chi connectivity index (χ0v) is 12.0. The average molecular weight is 292 g/mol. The van der Waals surface area contributed by atoms with Crippen LogP contribution in [0.25, 0.3) is 0 Å². The molecule has 0 heterocycles. The Labute approximate surface area is 121 Å². The predicted octanol–water partition coefficient (Wildman–Crippen LogP) is 1.50. The first-order chi connectivity index (χ1) is 9.85. The Hall–Kier alpha value is -2.70. The van der Waals surface area contributed by atoms with Gasteiger partial charge in [-0.15, -0.1) is 5.06 Å². The zero-order chi connectivity index (χ0) is 16.0. The first-order valence-electron chi connectivity index (χ1n) is 6.28. The molecular weight excluding hydrogens is 276 g/mol. The largest absolute Gasteiger partial charge is 0.363 e. The topological polar surface area (TPSA) is 92.8 Å². The highest BCUT2D eigenvalue weighted by atomic mass is 16.7. The summed E-state index contributed by atoms with van der Waals surface area (Å²) in [6, 6.07) is 5.89. The van der Waals surface area contributed by atoms with Crippen LogP contribution in [0.2, 0.25) is 0 Å². The van der Waals surface area contributed by atoms with Crippen LogP contribution >= 0.6 is 0 Å². The van der Waals surface area contributed by atoms with Crippen molar-refractivity contribution in [2.24, 2.45) is 0 Å². The van der Waals surface area contributed by atoms with E-state index in [2.05, 4.69) is 5.32 Å². The smallest absolute Gasteiger partial charge is 0.326 e. The molecule has 0 saturated carbocycles. The van der Waals surface area contributed by atoms with E-state index < -0.39 is 17.8 Å². The molecule has 0 radical (unpaired) electrons. The Balaban J connectivity index is 2.77. The van der Waals surface area contributed by atoms with Gasteiger partial charge in [-0.05, 0) is 24.3 Å². The van der Waals surface area contributed by atoms with Crippen LogP contribution in [0.15, 0.2) is 24.3 Å². The lowest BCUT2D eigenvalue weighted by atomic mass is 10.2. The van der Waals surface area contributed by atoms with Gasteiger partial charge in [-0.1, -0.05) is 6.92 Å². The molecule has 1 rings (SSSR count). The fourth-order valence-electron chi connectivity index (χ4n) is 1.42. The molecule has 0 saturated heterocycles. The number of benzene rings is 1. The van der Waals surface area contributed by atoms with Crippen molar-refractivity contribution in [1.82, 2.24) is 5.06 Å². The van der Waals surface area contributed by atoms with Crippen molar-refractivity contribution >= 4 is 29.4 Å². The van der Waals surface area contributed by atoms with Crippen molar-refractivity contribution in [3.8, 4) is 0 Å². The maximum atomic E-state index is 11.8. The van der Waals surface area contributed by atoms with E-state index >= 15 is 0 Å². The molecule has 0 aromatic heterocycles. The average Bonchev–Trinajstić information content (AvgIpc) is 2.44. The maximum Gasteiger partial charge on any atom is 0.363 e. The summed E-state index contributed by atoms with van der Waals surface area (Å²) in [7, 11) is 0.